The van der Waals surface area contributed by atoms with Crippen molar-refractivity contribution in [3.05, 3.63) is 30.3 Å². The van der Waals surface area contributed by atoms with Gasteiger partial charge in [0.15, 0.2) is 0 Å². The first-order chi connectivity index (χ1) is 10.7. The van der Waals surface area contributed by atoms with Gasteiger partial charge in [-0.05, 0) is 18.7 Å². The fourth-order valence-corrected chi connectivity index (χ4v) is 3.27. The lowest BCUT2D eigenvalue weighted by Gasteiger charge is -2.35. The topological polar surface area (TPSA) is 43.9 Å². The van der Waals surface area contributed by atoms with Crippen LogP contribution < -0.4 is 4.90 Å². The zero-order chi connectivity index (χ0) is 15.5. The van der Waals surface area contributed by atoms with E-state index in [4.69, 9.17) is 0 Å². The van der Waals surface area contributed by atoms with Gasteiger partial charge in [0.25, 0.3) is 0 Å². The molecule has 0 saturated carbocycles. The largest absolute Gasteiger partial charge is 0.340 e. The van der Waals surface area contributed by atoms with Crippen LogP contribution in [0.4, 0.5) is 5.69 Å². The van der Waals surface area contributed by atoms with Gasteiger partial charge in [0.1, 0.15) is 0 Å². The van der Waals surface area contributed by atoms with Gasteiger partial charge in [-0.2, -0.15) is 0 Å². The van der Waals surface area contributed by atoms with Gasteiger partial charge in [-0.15, -0.1) is 0 Å². The summed E-state index contributed by atoms with van der Waals surface area (Å²) < 4.78 is 0. The normalized spacial score (nSPS) is 23.1. The molecule has 0 spiro atoms. The maximum atomic E-state index is 12.6. The molecule has 3 rings (SSSR count). The van der Waals surface area contributed by atoms with E-state index in [1.54, 1.807) is 4.90 Å². The molecule has 5 nitrogen and oxygen atoms in total. The van der Waals surface area contributed by atoms with Crippen molar-refractivity contribution in [2.75, 3.05) is 44.2 Å². The standard InChI is InChI=1S/C17H23N3O2/c1-2-18-8-10-19(11-9-18)17(22)14-12-16(21)20(13-14)15-6-4-3-5-7-15/h3-7,14H,2,8-13H2,1H3. The van der Waals surface area contributed by atoms with E-state index >= 15 is 0 Å². The zero-order valence-electron chi connectivity index (χ0n) is 13.1. The summed E-state index contributed by atoms with van der Waals surface area (Å²) in [5, 5.41) is 0. The Morgan fingerprint density at radius 3 is 2.45 bits per heavy atom. The van der Waals surface area contributed by atoms with E-state index in [0.29, 0.717) is 13.0 Å². The molecule has 0 N–H and O–H groups in total. The van der Waals surface area contributed by atoms with Crippen molar-refractivity contribution >= 4 is 17.5 Å². The molecule has 0 aliphatic carbocycles. The number of para-hydroxylation sites is 1. The van der Waals surface area contributed by atoms with E-state index in [1.165, 1.54) is 0 Å². The Morgan fingerprint density at radius 1 is 1.14 bits per heavy atom. The lowest BCUT2D eigenvalue weighted by Crippen LogP contribution is -2.50. The summed E-state index contributed by atoms with van der Waals surface area (Å²) in [5.74, 6) is 0.000149. The molecule has 1 atom stereocenters. The van der Waals surface area contributed by atoms with Gasteiger partial charge in [0, 0.05) is 44.8 Å². The van der Waals surface area contributed by atoms with Crippen molar-refractivity contribution < 1.29 is 9.59 Å². The minimum absolute atomic E-state index is 0.0525. The fraction of sp³-hybridized carbons (Fsp3) is 0.529. The number of nitrogens with zero attached hydrogens (tertiary/aromatic N) is 3. The number of hydrogen-bond acceptors (Lipinski definition) is 3. The summed E-state index contributed by atoms with van der Waals surface area (Å²) in [6.45, 7) is 7.12. The number of anilines is 1. The highest BCUT2D eigenvalue weighted by molar-refractivity contribution is 6.00. The first kappa shape index (κ1) is 15.0. The van der Waals surface area contributed by atoms with E-state index < -0.39 is 0 Å². The van der Waals surface area contributed by atoms with Gasteiger partial charge in [0.05, 0.1) is 5.92 Å². The van der Waals surface area contributed by atoms with Crippen LogP contribution in [0.15, 0.2) is 30.3 Å². The summed E-state index contributed by atoms with van der Waals surface area (Å²) in [6.07, 6.45) is 0.335. The Morgan fingerprint density at radius 2 is 1.82 bits per heavy atom. The van der Waals surface area contributed by atoms with Crippen molar-refractivity contribution in [1.82, 2.24) is 9.80 Å². The van der Waals surface area contributed by atoms with Crippen LogP contribution in [0.25, 0.3) is 0 Å². The molecule has 0 bridgehead atoms. The Hall–Kier alpha value is -1.88. The first-order valence-corrected chi connectivity index (χ1v) is 8.05. The summed E-state index contributed by atoms with van der Waals surface area (Å²) in [5.41, 5.74) is 0.888. The highest BCUT2D eigenvalue weighted by Crippen LogP contribution is 2.26. The van der Waals surface area contributed by atoms with Crippen LogP contribution in [-0.4, -0.2) is 60.9 Å². The fourth-order valence-electron chi connectivity index (χ4n) is 3.27. The van der Waals surface area contributed by atoms with Crippen molar-refractivity contribution in [2.24, 2.45) is 5.92 Å². The van der Waals surface area contributed by atoms with E-state index in [-0.39, 0.29) is 17.7 Å². The van der Waals surface area contributed by atoms with Crippen LogP contribution in [0.2, 0.25) is 0 Å². The highest BCUT2D eigenvalue weighted by atomic mass is 16.2. The zero-order valence-corrected chi connectivity index (χ0v) is 13.1. The van der Waals surface area contributed by atoms with Gasteiger partial charge in [-0.25, -0.2) is 0 Å². The number of likely N-dealkylation sites (N-methyl/N-ethyl adjacent to an activating group) is 1. The number of carbonyl (C=O) groups excluding carboxylic acids is 2. The third kappa shape index (κ3) is 2.99. The minimum Gasteiger partial charge on any atom is -0.340 e. The molecule has 2 saturated heterocycles. The molecule has 2 amide bonds. The van der Waals surface area contributed by atoms with Crippen molar-refractivity contribution in [3.8, 4) is 0 Å². The van der Waals surface area contributed by atoms with Gasteiger partial charge in [-0.1, -0.05) is 25.1 Å². The molecule has 22 heavy (non-hydrogen) atoms. The van der Waals surface area contributed by atoms with Gasteiger partial charge < -0.3 is 14.7 Å². The number of benzene rings is 1. The van der Waals surface area contributed by atoms with Crippen molar-refractivity contribution in [1.29, 1.82) is 0 Å². The molecule has 1 unspecified atom stereocenters. The maximum absolute atomic E-state index is 12.6. The van der Waals surface area contributed by atoms with E-state index in [1.807, 2.05) is 35.2 Å². The van der Waals surface area contributed by atoms with Crippen LogP contribution in [0.1, 0.15) is 13.3 Å². The molecule has 0 radical (unpaired) electrons. The Balaban J connectivity index is 1.62. The summed E-state index contributed by atoms with van der Waals surface area (Å²) in [6, 6.07) is 9.61. The maximum Gasteiger partial charge on any atom is 0.228 e. The molecule has 2 aliphatic heterocycles. The van der Waals surface area contributed by atoms with Gasteiger partial charge in [-0.3, -0.25) is 9.59 Å². The Bertz CT molecular complexity index is 538. The number of carbonyl (C=O) groups is 2. The minimum atomic E-state index is -0.194. The van der Waals surface area contributed by atoms with Crippen LogP contribution in [-0.2, 0) is 9.59 Å². The third-order valence-corrected chi connectivity index (χ3v) is 4.67. The van der Waals surface area contributed by atoms with E-state index in [2.05, 4.69) is 11.8 Å². The molecule has 2 aliphatic rings. The highest BCUT2D eigenvalue weighted by Gasteiger charge is 2.37. The number of piperazine rings is 1. The molecule has 1 aromatic rings. The first-order valence-electron chi connectivity index (χ1n) is 8.05. The van der Waals surface area contributed by atoms with Crippen molar-refractivity contribution in [2.45, 2.75) is 13.3 Å². The van der Waals surface area contributed by atoms with Crippen LogP contribution in [0, 0.1) is 5.92 Å². The summed E-state index contributed by atoms with van der Waals surface area (Å²) >= 11 is 0. The number of hydrogen-bond donors (Lipinski definition) is 0. The molecule has 0 aromatic heterocycles. The van der Waals surface area contributed by atoms with E-state index in [0.717, 1.165) is 38.4 Å². The SMILES string of the molecule is CCN1CCN(C(=O)C2CC(=O)N(c3ccccc3)C2)CC1. The average molecular weight is 301 g/mol. The van der Waals surface area contributed by atoms with Crippen LogP contribution in [0.5, 0.6) is 0 Å². The molecule has 1 aromatic carbocycles. The van der Waals surface area contributed by atoms with Gasteiger partial charge >= 0.3 is 0 Å². The molecule has 118 valence electrons. The molecular weight excluding hydrogens is 278 g/mol. The summed E-state index contributed by atoms with van der Waals surface area (Å²) in [4.78, 5) is 30.9. The summed E-state index contributed by atoms with van der Waals surface area (Å²) in [7, 11) is 0. The lowest BCUT2D eigenvalue weighted by atomic mass is 10.1. The molecule has 5 heteroatoms. The van der Waals surface area contributed by atoms with Crippen molar-refractivity contribution in [3.63, 3.8) is 0 Å². The van der Waals surface area contributed by atoms with Gasteiger partial charge in [0.2, 0.25) is 11.8 Å². The smallest absolute Gasteiger partial charge is 0.228 e. The second-order valence-corrected chi connectivity index (χ2v) is 6.00. The second-order valence-electron chi connectivity index (χ2n) is 6.00. The monoisotopic (exact) mass is 301 g/mol. The number of amides is 2. The lowest BCUT2D eigenvalue weighted by molar-refractivity contribution is -0.137. The molecular formula is C17H23N3O2. The predicted octanol–water partition coefficient (Wildman–Crippen LogP) is 1.20. The number of rotatable bonds is 3. The second kappa shape index (κ2) is 6.48. The van der Waals surface area contributed by atoms with Crippen LogP contribution >= 0.6 is 0 Å². The van der Waals surface area contributed by atoms with E-state index in [9.17, 15) is 9.59 Å². The third-order valence-electron chi connectivity index (χ3n) is 4.67. The molecule has 2 fully saturated rings. The predicted molar refractivity (Wildman–Crippen MR) is 85.6 cm³/mol. The Kier molecular flexibility index (Phi) is 4.43. The average Bonchev–Trinajstić information content (AvgIpc) is 2.97. The Labute approximate surface area is 131 Å². The quantitative estimate of drug-likeness (QED) is 0.843. The molecule has 2 heterocycles. The van der Waals surface area contributed by atoms with Crippen LogP contribution in [0.3, 0.4) is 0 Å².